The van der Waals surface area contributed by atoms with E-state index < -0.39 is 0 Å². The first kappa shape index (κ1) is 16.0. The van der Waals surface area contributed by atoms with Crippen molar-refractivity contribution in [3.8, 4) is 5.75 Å². The molecule has 0 radical (unpaired) electrons. The molecule has 1 atom stereocenters. The topological polar surface area (TPSA) is 35.5 Å². The fraction of sp³-hybridized carbons (Fsp3) is 0.625. The van der Waals surface area contributed by atoms with Gasteiger partial charge in [0.1, 0.15) is 5.75 Å². The average molecular weight is 264 g/mol. The molecule has 0 aliphatic rings. The molecule has 0 fully saturated rings. The molecular weight excluding hydrogens is 236 g/mol. The molecule has 1 aromatic carbocycles. The highest BCUT2D eigenvalue weighted by atomic mass is 16.3. The molecule has 0 aliphatic heterocycles. The van der Waals surface area contributed by atoms with Gasteiger partial charge >= 0.3 is 0 Å². The van der Waals surface area contributed by atoms with Crippen LogP contribution in [0.1, 0.15) is 32.8 Å². The summed E-state index contributed by atoms with van der Waals surface area (Å²) in [5.74, 6) is 0.342. The van der Waals surface area contributed by atoms with Crippen LogP contribution in [0.5, 0.6) is 5.75 Å². The van der Waals surface area contributed by atoms with Crippen LogP contribution in [0.4, 0.5) is 0 Å². The van der Waals surface area contributed by atoms with Crippen LogP contribution >= 0.6 is 0 Å². The number of nitrogens with one attached hydrogen (secondary N) is 1. The van der Waals surface area contributed by atoms with Gasteiger partial charge in [0, 0.05) is 19.1 Å². The van der Waals surface area contributed by atoms with E-state index in [2.05, 4.69) is 31.0 Å². The van der Waals surface area contributed by atoms with E-state index in [-0.39, 0.29) is 0 Å². The molecular formula is C16H28N2O. The molecule has 1 rings (SSSR count). The third-order valence-electron chi connectivity index (χ3n) is 3.62. The third kappa shape index (κ3) is 6.60. The Kier molecular flexibility index (Phi) is 7.53. The van der Waals surface area contributed by atoms with E-state index in [4.69, 9.17) is 0 Å². The third-order valence-corrected chi connectivity index (χ3v) is 3.62. The zero-order valence-corrected chi connectivity index (χ0v) is 12.5. The number of phenolic OH excluding ortho intramolecular Hbond substituents is 1. The second-order valence-corrected chi connectivity index (χ2v) is 5.09. The highest BCUT2D eigenvalue weighted by molar-refractivity contribution is 5.25. The Hall–Kier alpha value is -1.06. The predicted molar refractivity (Wildman–Crippen MR) is 81.7 cm³/mol. The van der Waals surface area contributed by atoms with Crippen LogP contribution in [0.3, 0.4) is 0 Å². The van der Waals surface area contributed by atoms with Crippen molar-refractivity contribution in [2.75, 3.05) is 26.2 Å². The number of rotatable bonds is 9. The van der Waals surface area contributed by atoms with Crippen LogP contribution in [0.15, 0.2) is 24.3 Å². The summed E-state index contributed by atoms with van der Waals surface area (Å²) in [4.78, 5) is 2.43. The van der Waals surface area contributed by atoms with Gasteiger partial charge in [0.15, 0.2) is 0 Å². The average Bonchev–Trinajstić information content (AvgIpc) is 2.43. The van der Waals surface area contributed by atoms with Gasteiger partial charge in [0.25, 0.3) is 0 Å². The number of benzene rings is 1. The zero-order valence-electron chi connectivity index (χ0n) is 12.5. The van der Waals surface area contributed by atoms with E-state index in [1.165, 1.54) is 5.56 Å². The predicted octanol–water partition coefficient (Wildman–Crippen LogP) is 2.64. The number of aryl methyl sites for hydroxylation is 1. The van der Waals surface area contributed by atoms with Crippen molar-refractivity contribution in [2.24, 2.45) is 0 Å². The SMILES string of the molecule is CCN(CC)CCNC(C)CCc1ccc(O)cc1. The minimum absolute atomic E-state index is 0.342. The molecule has 0 saturated heterocycles. The molecule has 0 saturated carbocycles. The number of hydrogen-bond donors (Lipinski definition) is 2. The van der Waals surface area contributed by atoms with Gasteiger partial charge in [-0.05, 0) is 50.6 Å². The van der Waals surface area contributed by atoms with Gasteiger partial charge in [-0.15, -0.1) is 0 Å². The second kappa shape index (κ2) is 8.94. The Labute approximate surface area is 117 Å². The standard InChI is InChI=1S/C16H28N2O/c1-4-18(5-2)13-12-17-14(3)6-7-15-8-10-16(19)11-9-15/h8-11,14,17,19H,4-7,12-13H2,1-3H3. The first-order valence-electron chi connectivity index (χ1n) is 7.39. The van der Waals surface area contributed by atoms with Crippen molar-refractivity contribution in [1.82, 2.24) is 10.2 Å². The van der Waals surface area contributed by atoms with Gasteiger partial charge in [0.05, 0.1) is 0 Å². The minimum Gasteiger partial charge on any atom is -0.508 e. The molecule has 0 spiro atoms. The Bertz CT molecular complexity index is 333. The molecule has 2 N–H and O–H groups in total. The van der Waals surface area contributed by atoms with Crippen molar-refractivity contribution in [3.05, 3.63) is 29.8 Å². The summed E-state index contributed by atoms with van der Waals surface area (Å²) in [5.41, 5.74) is 1.29. The summed E-state index contributed by atoms with van der Waals surface area (Å²) >= 11 is 0. The summed E-state index contributed by atoms with van der Waals surface area (Å²) in [6.07, 6.45) is 2.18. The van der Waals surface area contributed by atoms with Crippen LogP contribution in [0, 0.1) is 0 Å². The van der Waals surface area contributed by atoms with Gasteiger partial charge in [-0.2, -0.15) is 0 Å². The maximum absolute atomic E-state index is 9.23. The van der Waals surface area contributed by atoms with E-state index in [0.29, 0.717) is 11.8 Å². The number of hydrogen-bond acceptors (Lipinski definition) is 3. The molecule has 0 amide bonds. The molecule has 3 nitrogen and oxygen atoms in total. The van der Waals surface area contributed by atoms with Gasteiger partial charge in [-0.3, -0.25) is 0 Å². The smallest absolute Gasteiger partial charge is 0.115 e. The fourth-order valence-corrected chi connectivity index (χ4v) is 2.16. The highest BCUT2D eigenvalue weighted by Gasteiger charge is 2.03. The van der Waals surface area contributed by atoms with E-state index in [9.17, 15) is 5.11 Å². The van der Waals surface area contributed by atoms with Crippen molar-refractivity contribution >= 4 is 0 Å². The van der Waals surface area contributed by atoms with Crippen molar-refractivity contribution in [1.29, 1.82) is 0 Å². The normalized spacial score (nSPS) is 12.8. The summed E-state index contributed by atoms with van der Waals surface area (Å²) in [5, 5.41) is 12.8. The molecule has 1 unspecified atom stereocenters. The van der Waals surface area contributed by atoms with E-state index >= 15 is 0 Å². The second-order valence-electron chi connectivity index (χ2n) is 5.09. The van der Waals surface area contributed by atoms with Crippen LogP contribution in [-0.4, -0.2) is 42.2 Å². The van der Waals surface area contributed by atoms with Gasteiger partial charge < -0.3 is 15.3 Å². The maximum atomic E-state index is 9.23. The van der Waals surface area contributed by atoms with Crippen molar-refractivity contribution in [3.63, 3.8) is 0 Å². The lowest BCUT2D eigenvalue weighted by Gasteiger charge is -2.20. The Morgan fingerprint density at radius 1 is 1.16 bits per heavy atom. The number of likely N-dealkylation sites (N-methyl/N-ethyl adjacent to an activating group) is 1. The lowest BCUT2D eigenvalue weighted by atomic mass is 10.1. The van der Waals surface area contributed by atoms with Crippen LogP contribution < -0.4 is 5.32 Å². The monoisotopic (exact) mass is 264 g/mol. The Morgan fingerprint density at radius 2 is 1.79 bits per heavy atom. The molecule has 108 valence electrons. The van der Waals surface area contributed by atoms with Crippen LogP contribution in [0.2, 0.25) is 0 Å². The van der Waals surface area contributed by atoms with E-state index in [1.807, 2.05) is 12.1 Å². The first-order valence-corrected chi connectivity index (χ1v) is 7.39. The summed E-state index contributed by atoms with van der Waals surface area (Å²) in [7, 11) is 0. The van der Waals surface area contributed by atoms with Crippen molar-refractivity contribution in [2.45, 2.75) is 39.7 Å². The molecule has 0 bridgehead atoms. The number of aromatic hydroxyl groups is 1. The maximum Gasteiger partial charge on any atom is 0.115 e. The molecule has 3 heteroatoms. The van der Waals surface area contributed by atoms with Gasteiger partial charge in [-0.25, -0.2) is 0 Å². The lowest BCUT2D eigenvalue weighted by Crippen LogP contribution is -2.36. The van der Waals surface area contributed by atoms with Crippen LogP contribution in [0.25, 0.3) is 0 Å². The molecule has 0 aromatic heterocycles. The van der Waals surface area contributed by atoms with E-state index in [1.54, 1.807) is 12.1 Å². The summed E-state index contributed by atoms with van der Waals surface area (Å²) in [6, 6.07) is 8.04. The molecule has 19 heavy (non-hydrogen) atoms. The number of phenols is 1. The zero-order chi connectivity index (χ0) is 14.1. The van der Waals surface area contributed by atoms with Crippen LogP contribution in [-0.2, 0) is 6.42 Å². The van der Waals surface area contributed by atoms with E-state index in [0.717, 1.165) is 39.0 Å². The summed E-state index contributed by atoms with van der Waals surface area (Å²) in [6.45, 7) is 11.1. The van der Waals surface area contributed by atoms with Gasteiger partial charge in [0.2, 0.25) is 0 Å². The lowest BCUT2D eigenvalue weighted by molar-refractivity contribution is 0.296. The highest BCUT2D eigenvalue weighted by Crippen LogP contribution is 2.11. The first-order chi connectivity index (χ1) is 9.15. The quantitative estimate of drug-likeness (QED) is 0.720. The Morgan fingerprint density at radius 3 is 2.37 bits per heavy atom. The minimum atomic E-state index is 0.342. The Balaban J connectivity index is 2.17. The summed E-state index contributed by atoms with van der Waals surface area (Å²) < 4.78 is 0. The van der Waals surface area contributed by atoms with Gasteiger partial charge in [-0.1, -0.05) is 26.0 Å². The molecule has 1 aromatic rings. The molecule has 0 aliphatic carbocycles. The number of nitrogens with zero attached hydrogens (tertiary/aromatic N) is 1. The molecule has 0 heterocycles. The largest absolute Gasteiger partial charge is 0.508 e. The van der Waals surface area contributed by atoms with Crippen molar-refractivity contribution < 1.29 is 5.11 Å². The fourth-order valence-electron chi connectivity index (χ4n) is 2.16.